The number of halogens is 1. The van der Waals surface area contributed by atoms with Gasteiger partial charge in [-0.1, -0.05) is 19.9 Å². The Labute approximate surface area is 133 Å². The molecule has 1 aliphatic heterocycles. The van der Waals surface area contributed by atoms with Crippen molar-refractivity contribution >= 4 is 18.4 Å². The smallest absolute Gasteiger partial charge is 0.308 e. The average Bonchev–Trinajstić information content (AvgIpc) is 2.39. The molecule has 116 valence electrons. The van der Waals surface area contributed by atoms with E-state index in [1.807, 2.05) is 6.07 Å². The van der Waals surface area contributed by atoms with E-state index in [1.54, 1.807) is 0 Å². The topological polar surface area (TPSA) is 29.5 Å². The number of carbonyl (C=O) groups is 1. The highest BCUT2D eigenvalue weighted by Crippen LogP contribution is 2.48. The standard InChI is InChI=1S/C17H23NO2.ClH/c1-11-16-9-13-5-6-14(20-12(2)19)10-15(13)17(11,3)7-8-18(16)4;/h5-6,10-11,16H,7-9H2,1-4H3;1H/t11-,16-,17+;/m0./s1. The summed E-state index contributed by atoms with van der Waals surface area (Å²) in [5.41, 5.74) is 2.99. The quantitative estimate of drug-likeness (QED) is 0.589. The third kappa shape index (κ3) is 2.58. The summed E-state index contributed by atoms with van der Waals surface area (Å²) in [6.07, 6.45) is 2.26. The number of fused-ring (bicyclic) bond motifs is 4. The van der Waals surface area contributed by atoms with Crippen LogP contribution in [0.15, 0.2) is 18.2 Å². The van der Waals surface area contributed by atoms with Crippen molar-refractivity contribution in [2.75, 3.05) is 13.6 Å². The molecule has 3 atom stereocenters. The number of hydrogen-bond acceptors (Lipinski definition) is 3. The van der Waals surface area contributed by atoms with Crippen LogP contribution in [-0.4, -0.2) is 30.5 Å². The molecule has 0 N–H and O–H groups in total. The SMILES string of the molecule is CC(=O)Oc1ccc2c(c1)[C@]1(C)CCN(C)[C@@H](C2)[C@@H]1C.Cl. The monoisotopic (exact) mass is 309 g/mol. The molecule has 1 heterocycles. The number of ether oxygens (including phenoxy) is 1. The lowest BCUT2D eigenvalue weighted by atomic mass is 9.59. The largest absolute Gasteiger partial charge is 0.427 e. The minimum Gasteiger partial charge on any atom is -0.427 e. The molecule has 2 bridgehead atoms. The van der Waals surface area contributed by atoms with Gasteiger partial charge in [-0.25, -0.2) is 0 Å². The molecule has 1 fully saturated rings. The van der Waals surface area contributed by atoms with Gasteiger partial charge in [0, 0.05) is 13.0 Å². The van der Waals surface area contributed by atoms with Crippen molar-refractivity contribution in [1.29, 1.82) is 0 Å². The summed E-state index contributed by atoms with van der Waals surface area (Å²) in [6.45, 7) is 7.33. The average molecular weight is 310 g/mol. The first-order valence-electron chi connectivity index (χ1n) is 7.44. The first-order valence-corrected chi connectivity index (χ1v) is 7.44. The van der Waals surface area contributed by atoms with Gasteiger partial charge in [0.15, 0.2) is 0 Å². The summed E-state index contributed by atoms with van der Waals surface area (Å²) in [5.74, 6) is 1.06. The minimum atomic E-state index is -0.250. The molecule has 0 spiro atoms. The van der Waals surface area contributed by atoms with Gasteiger partial charge in [-0.05, 0) is 61.0 Å². The second-order valence-electron chi connectivity index (χ2n) is 6.62. The summed E-state index contributed by atoms with van der Waals surface area (Å²) in [7, 11) is 2.24. The second-order valence-corrected chi connectivity index (χ2v) is 6.62. The Balaban J connectivity index is 0.00000161. The van der Waals surface area contributed by atoms with Crippen LogP contribution < -0.4 is 4.74 Å². The number of piperidine rings is 1. The first-order chi connectivity index (χ1) is 9.41. The van der Waals surface area contributed by atoms with Crippen LogP contribution in [0.2, 0.25) is 0 Å². The molecule has 3 nitrogen and oxygen atoms in total. The molecule has 4 heteroatoms. The van der Waals surface area contributed by atoms with Crippen LogP contribution in [0.4, 0.5) is 0 Å². The predicted molar refractivity (Wildman–Crippen MR) is 86.3 cm³/mol. The summed E-state index contributed by atoms with van der Waals surface area (Å²) in [5, 5.41) is 0. The molecular formula is C17H24ClNO2. The maximum atomic E-state index is 11.2. The van der Waals surface area contributed by atoms with E-state index >= 15 is 0 Å². The van der Waals surface area contributed by atoms with E-state index in [0.29, 0.717) is 17.7 Å². The minimum absolute atomic E-state index is 0. The predicted octanol–water partition coefficient (Wildman–Crippen LogP) is 3.19. The van der Waals surface area contributed by atoms with Crippen molar-refractivity contribution in [1.82, 2.24) is 4.90 Å². The van der Waals surface area contributed by atoms with Crippen LogP contribution in [0.1, 0.15) is 38.3 Å². The van der Waals surface area contributed by atoms with E-state index < -0.39 is 0 Å². The van der Waals surface area contributed by atoms with Crippen LogP contribution >= 0.6 is 12.4 Å². The van der Waals surface area contributed by atoms with E-state index in [0.717, 1.165) is 19.4 Å². The lowest BCUT2D eigenvalue weighted by Crippen LogP contribution is -2.56. The summed E-state index contributed by atoms with van der Waals surface area (Å²) < 4.78 is 5.27. The number of rotatable bonds is 1. The lowest BCUT2D eigenvalue weighted by molar-refractivity contribution is -0.131. The normalized spacial score (nSPS) is 31.0. The molecule has 0 aromatic heterocycles. The zero-order chi connectivity index (χ0) is 14.5. The molecule has 0 saturated carbocycles. The molecule has 1 aromatic rings. The zero-order valence-electron chi connectivity index (χ0n) is 13.2. The summed E-state index contributed by atoms with van der Waals surface area (Å²) >= 11 is 0. The first kappa shape index (κ1) is 16.3. The number of hydrogen-bond donors (Lipinski definition) is 0. The van der Waals surface area contributed by atoms with Gasteiger partial charge in [0.1, 0.15) is 5.75 Å². The molecule has 1 saturated heterocycles. The van der Waals surface area contributed by atoms with Gasteiger partial charge in [-0.15, -0.1) is 12.4 Å². The highest BCUT2D eigenvalue weighted by molar-refractivity contribution is 5.85. The molecule has 0 amide bonds. The Hall–Kier alpha value is -1.06. The van der Waals surface area contributed by atoms with E-state index in [9.17, 15) is 4.79 Å². The molecule has 0 radical (unpaired) electrons. The van der Waals surface area contributed by atoms with Crippen molar-refractivity contribution in [2.45, 2.75) is 45.1 Å². The number of nitrogens with zero attached hydrogens (tertiary/aromatic N) is 1. The second kappa shape index (κ2) is 5.62. The Morgan fingerprint density at radius 3 is 2.81 bits per heavy atom. The van der Waals surface area contributed by atoms with Crippen molar-refractivity contribution in [3.05, 3.63) is 29.3 Å². The summed E-state index contributed by atoms with van der Waals surface area (Å²) in [4.78, 5) is 13.6. The van der Waals surface area contributed by atoms with Gasteiger partial charge >= 0.3 is 5.97 Å². The zero-order valence-corrected chi connectivity index (χ0v) is 14.0. The molecular weight excluding hydrogens is 286 g/mol. The van der Waals surface area contributed by atoms with Gasteiger partial charge in [0.05, 0.1) is 0 Å². The van der Waals surface area contributed by atoms with Crippen LogP contribution in [-0.2, 0) is 16.6 Å². The molecule has 3 rings (SSSR count). The van der Waals surface area contributed by atoms with Crippen LogP contribution in [0.25, 0.3) is 0 Å². The fourth-order valence-corrected chi connectivity index (χ4v) is 4.04. The Morgan fingerprint density at radius 1 is 1.43 bits per heavy atom. The van der Waals surface area contributed by atoms with Crippen LogP contribution in [0, 0.1) is 5.92 Å². The highest BCUT2D eigenvalue weighted by atomic mass is 35.5. The molecule has 1 aliphatic carbocycles. The summed E-state index contributed by atoms with van der Waals surface area (Å²) in [6, 6.07) is 6.79. The molecule has 1 aromatic carbocycles. The van der Waals surface area contributed by atoms with Gasteiger partial charge in [-0.2, -0.15) is 0 Å². The number of carbonyl (C=O) groups excluding carboxylic acids is 1. The third-order valence-electron chi connectivity index (χ3n) is 5.52. The fourth-order valence-electron chi connectivity index (χ4n) is 4.04. The number of likely N-dealkylation sites (tertiary alicyclic amines) is 1. The Bertz CT molecular complexity index is 560. The van der Waals surface area contributed by atoms with Gasteiger partial charge in [-0.3, -0.25) is 4.79 Å². The number of esters is 1. The van der Waals surface area contributed by atoms with Gasteiger partial charge in [0.2, 0.25) is 0 Å². The van der Waals surface area contributed by atoms with Crippen molar-refractivity contribution in [3.63, 3.8) is 0 Å². The highest BCUT2D eigenvalue weighted by Gasteiger charge is 2.47. The van der Waals surface area contributed by atoms with Crippen LogP contribution in [0.5, 0.6) is 5.75 Å². The van der Waals surface area contributed by atoms with Crippen molar-refractivity contribution in [2.24, 2.45) is 5.92 Å². The molecule has 2 aliphatic rings. The van der Waals surface area contributed by atoms with Crippen molar-refractivity contribution < 1.29 is 9.53 Å². The van der Waals surface area contributed by atoms with E-state index in [-0.39, 0.29) is 23.8 Å². The third-order valence-corrected chi connectivity index (χ3v) is 5.52. The van der Waals surface area contributed by atoms with Crippen molar-refractivity contribution in [3.8, 4) is 5.75 Å². The number of benzene rings is 1. The lowest BCUT2D eigenvalue weighted by Gasteiger charge is -2.53. The van der Waals surface area contributed by atoms with E-state index in [1.165, 1.54) is 18.1 Å². The van der Waals surface area contributed by atoms with E-state index in [2.05, 4.69) is 37.9 Å². The fraction of sp³-hybridized carbons (Fsp3) is 0.588. The van der Waals surface area contributed by atoms with Gasteiger partial charge < -0.3 is 9.64 Å². The van der Waals surface area contributed by atoms with Crippen LogP contribution in [0.3, 0.4) is 0 Å². The Kier molecular flexibility index (Phi) is 4.36. The maximum absolute atomic E-state index is 11.2. The molecule has 0 unspecified atom stereocenters. The Morgan fingerprint density at radius 2 is 2.14 bits per heavy atom. The number of likely N-dealkylation sites (N-methyl/N-ethyl adjacent to an activating group) is 1. The maximum Gasteiger partial charge on any atom is 0.308 e. The van der Waals surface area contributed by atoms with E-state index in [4.69, 9.17) is 4.74 Å². The van der Waals surface area contributed by atoms with Gasteiger partial charge in [0.25, 0.3) is 0 Å². The molecule has 21 heavy (non-hydrogen) atoms.